The van der Waals surface area contributed by atoms with E-state index in [1.54, 1.807) is 12.3 Å². The molecule has 0 aliphatic carbocycles. The molecule has 188 valence electrons. The molecule has 1 saturated heterocycles. The van der Waals surface area contributed by atoms with Gasteiger partial charge in [0.1, 0.15) is 11.3 Å². The van der Waals surface area contributed by atoms with Gasteiger partial charge in [0.15, 0.2) is 15.5 Å². The highest BCUT2D eigenvalue weighted by molar-refractivity contribution is 7.92. The highest BCUT2D eigenvalue weighted by atomic mass is 32.2. The van der Waals surface area contributed by atoms with Gasteiger partial charge in [-0.3, -0.25) is 9.89 Å². The van der Waals surface area contributed by atoms with Gasteiger partial charge in [-0.15, -0.1) is 0 Å². The summed E-state index contributed by atoms with van der Waals surface area (Å²) in [5.41, 5.74) is 1.42. The quantitative estimate of drug-likeness (QED) is 0.362. The number of hydrogen-bond acceptors (Lipinski definition) is 8. The van der Waals surface area contributed by atoms with Gasteiger partial charge in [0.25, 0.3) is 5.91 Å². The highest BCUT2D eigenvalue weighted by Gasteiger charge is 2.36. The fourth-order valence-corrected chi connectivity index (χ4v) is 5.89. The second-order valence-electron chi connectivity index (χ2n) is 8.38. The Bertz CT molecular complexity index is 1530. The highest BCUT2D eigenvalue weighted by Crippen LogP contribution is 2.31. The van der Waals surface area contributed by atoms with Crippen molar-refractivity contribution in [2.75, 3.05) is 25.5 Å². The van der Waals surface area contributed by atoms with E-state index in [0.29, 0.717) is 24.4 Å². The van der Waals surface area contributed by atoms with Gasteiger partial charge >= 0.3 is 6.61 Å². The zero-order chi connectivity index (χ0) is 25.4. The van der Waals surface area contributed by atoms with Crippen LogP contribution in [0.4, 0.5) is 14.5 Å². The number of amides is 1. The first-order valence-electron chi connectivity index (χ1n) is 10.8. The minimum Gasteiger partial charge on any atom is -0.435 e. The predicted molar refractivity (Wildman–Crippen MR) is 124 cm³/mol. The number of halogens is 2. The number of rotatable bonds is 8. The Labute approximate surface area is 204 Å². The van der Waals surface area contributed by atoms with Crippen LogP contribution in [0.1, 0.15) is 21.6 Å². The molecule has 0 saturated carbocycles. The van der Waals surface area contributed by atoms with Crippen molar-refractivity contribution in [1.29, 1.82) is 0 Å². The molecule has 4 heterocycles. The minimum absolute atomic E-state index is 0.0137. The SMILES string of the molecule is CN1CC(S(=O)(=O)c2ccc(OC(F)F)c(Cc3[nH]ncc3NC(=O)c3cnn4cccnc34)c2)C1. The summed E-state index contributed by atoms with van der Waals surface area (Å²) in [7, 11) is -1.84. The molecular formula is C22H21F2N7O4S. The van der Waals surface area contributed by atoms with Gasteiger partial charge in [-0.2, -0.15) is 19.0 Å². The standard InChI is InChI=1S/C22H21F2N7O4S/c1-30-11-15(12-30)36(33,34)14-3-4-19(35-22(23)24)13(7-14)8-17-18(10-26-29-17)28-21(32)16-9-27-31-6-2-5-25-20(16)31/h2-7,9-10,15,22H,8,11-12H2,1H3,(H,26,29)(H,28,32). The maximum Gasteiger partial charge on any atom is 0.387 e. The number of aromatic amines is 1. The summed E-state index contributed by atoms with van der Waals surface area (Å²) in [6, 6.07) is 5.48. The van der Waals surface area contributed by atoms with E-state index < -0.39 is 27.6 Å². The molecule has 4 aromatic rings. The van der Waals surface area contributed by atoms with Gasteiger partial charge in [0, 0.05) is 37.5 Å². The molecule has 1 aromatic carbocycles. The van der Waals surface area contributed by atoms with Crippen LogP contribution in [0.5, 0.6) is 5.75 Å². The molecule has 3 aromatic heterocycles. The molecule has 0 atom stereocenters. The molecule has 0 unspecified atom stereocenters. The Morgan fingerprint density at radius 3 is 2.86 bits per heavy atom. The zero-order valence-electron chi connectivity index (χ0n) is 18.9. The molecule has 36 heavy (non-hydrogen) atoms. The normalized spacial score (nSPS) is 14.8. The summed E-state index contributed by atoms with van der Waals surface area (Å²) >= 11 is 0. The van der Waals surface area contributed by atoms with Crippen molar-refractivity contribution in [2.45, 2.75) is 23.2 Å². The van der Waals surface area contributed by atoms with Gasteiger partial charge in [-0.1, -0.05) is 0 Å². The third kappa shape index (κ3) is 4.52. The molecule has 0 bridgehead atoms. The van der Waals surface area contributed by atoms with Gasteiger partial charge in [0.05, 0.1) is 33.9 Å². The molecule has 1 amide bonds. The predicted octanol–water partition coefficient (Wildman–Crippen LogP) is 1.98. The average molecular weight is 518 g/mol. The van der Waals surface area contributed by atoms with Gasteiger partial charge in [-0.25, -0.2) is 17.9 Å². The van der Waals surface area contributed by atoms with E-state index in [4.69, 9.17) is 0 Å². The molecule has 0 radical (unpaired) electrons. The van der Waals surface area contributed by atoms with E-state index in [0.717, 1.165) is 0 Å². The molecule has 1 fully saturated rings. The lowest BCUT2D eigenvalue weighted by Gasteiger charge is -2.35. The number of carbonyl (C=O) groups excluding carboxylic acids is 1. The van der Waals surface area contributed by atoms with Crippen LogP contribution in [-0.4, -0.2) is 76.0 Å². The number of benzene rings is 1. The van der Waals surface area contributed by atoms with Crippen LogP contribution in [-0.2, 0) is 16.3 Å². The molecular weight excluding hydrogens is 496 g/mol. The van der Waals surface area contributed by atoms with Crippen molar-refractivity contribution in [3.05, 3.63) is 65.9 Å². The number of ether oxygens (including phenoxy) is 1. The number of nitrogens with one attached hydrogen (secondary N) is 2. The van der Waals surface area contributed by atoms with Gasteiger partial charge < -0.3 is 15.0 Å². The monoisotopic (exact) mass is 517 g/mol. The third-order valence-electron chi connectivity index (χ3n) is 5.90. The minimum atomic E-state index is -3.66. The zero-order valence-corrected chi connectivity index (χ0v) is 19.7. The van der Waals surface area contributed by atoms with Crippen LogP contribution in [0.15, 0.2) is 53.9 Å². The van der Waals surface area contributed by atoms with Crippen LogP contribution in [0, 0.1) is 0 Å². The van der Waals surface area contributed by atoms with Crippen molar-refractivity contribution >= 4 is 27.1 Å². The summed E-state index contributed by atoms with van der Waals surface area (Å²) in [4.78, 5) is 18.9. The lowest BCUT2D eigenvalue weighted by atomic mass is 10.1. The van der Waals surface area contributed by atoms with Crippen LogP contribution in [0.25, 0.3) is 5.65 Å². The Hall–Kier alpha value is -3.91. The summed E-state index contributed by atoms with van der Waals surface area (Å²) in [6.07, 6.45) is 5.86. The van der Waals surface area contributed by atoms with E-state index >= 15 is 0 Å². The molecule has 5 rings (SSSR count). The molecule has 1 aliphatic heterocycles. The summed E-state index contributed by atoms with van der Waals surface area (Å²) < 4.78 is 58.2. The molecule has 1 aliphatic rings. The van der Waals surface area contributed by atoms with Crippen LogP contribution >= 0.6 is 0 Å². The maximum absolute atomic E-state index is 13.0. The Morgan fingerprint density at radius 1 is 1.31 bits per heavy atom. The van der Waals surface area contributed by atoms with E-state index in [2.05, 4.69) is 30.3 Å². The summed E-state index contributed by atoms with van der Waals surface area (Å²) in [5.74, 6) is -0.672. The number of alkyl halides is 2. The first kappa shape index (κ1) is 23.8. The Balaban J connectivity index is 1.43. The number of likely N-dealkylation sites (tertiary alicyclic amines) is 1. The summed E-state index contributed by atoms with van der Waals surface area (Å²) in [5, 5.41) is 12.9. The number of fused-ring (bicyclic) bond motifs is 1. The second kappa shape index (κ2) is 9.28. The maximum atomic E-state index is 13.0. The topological polar surface area (TPSA) is 135 Å². The van der Waals surface area contributed by atoms with Crippen molar-refractivity contribution in [3.63, 3.8) is 0 Å². The van der Waals surface area contributed by atoms with E-state index in [1.165, 1.54) is 41.3 Å². The van der Waals surface area contributed by atoms with Crippen LogP contribution < -0.4 is 10.1 Å². The number of hydrogen-bond donors (Lipinski definition) is 2. The Morgan fingerprint density at radius 2 is 2.11 bits per heavy atom. The first-order chi connectivity index (χ1) is 17.2. The average Bonchev–Trinajstić information content (AvgIpc) is 3.44. The third-order valence-corrected chi connectivity index (χ3v) is 7.99. The fraction of sp³-hybridized carbons (Fsp3) is 0.273. The number of H-pyrrole nitrogens is 1. The summed E-state index contributed by atoms with van der Waals surface area (Å²) in [6.45, 7) is -2.32. The van der Waals surface area contributed by atoms with Gasteiger partial charge in [-0.05, 0) is 31.3 Å². The van der Waals surface area contributed by atoms with E-state index in [1.807, 2.05) is 11.9 Å². The number of carbonyl (C=O) groups is 1. The first-order valence-corrected chi connectivity index (χ1v) is 12.4. The lowest BCUT2D eigenvalue weighted by Crippen LogP contribution is -2.52. The van der Waals surface area contributed by atoms with Crippen molar-refractivity contribution in [3.8, 4) is 5.75 Å². The second-order valence-corrected chi connectivity index (χ2v) is 10.6. The number of aromatic nitrogens is 5. The van der Waals surface area contributed by atoms with Crippen molar-refractivity contribution < 1.29 is 26.7 Å². The van der Waals surface area contributed by atoms with Gasteiger partial charge in [0.2, 0.25) is 0 Å². The molecule has 14 heteroatoms. The van der Waals surface area contributed by atoms with Crippen LogP contribution in [0.3, 0.4) is 0 Å². The Kier molecular flexibility index (Phi) is 6.14. The largest absolute Gasteiger partial charge is 0.435 e. The number of anilines is 1. The molecule has 11 nitrogen and oxygen atoms in total. The van der Waals surface area contributed by atoms with E-state index in [-0.39, 0.29) is 33.9 Å². The molecule has 0 spiro atoms. The van der Waals surface area contributed by atoms with Crippen molar-refractivity contribution in [2.24, 2.45) is 0 Å². The lowest BCUT2D eigenvalue weighted by molar-refractivity contribution is -0.0504. The van der Waals surface area contributed by atoms with Crippen molar-refractivity contribution in [1.82, 2.24) is 29.7 Å². The number of nitrogens with zero attached hydrogens (tertiary/aromatic N) is 5. The smallest absolute Gasteiger partial charge is 0.387 e. The number of sulfone groups is 1. The van der Waals surface area contributed by atoms with E-state index in [9.17, 15) is 22.0 Å². The fourth-order valence-electron chi connectivity index (χ4n) is 4.04. The van der Waals surface area contributed by atoms with Crippen LogP contribution in [0.2, 0.25) is 0 Å². The molecule has 2 N–H and O–H groups in total.